The highest BCUT2D eigenvalue weighted by Crippen LogP contribution is 2.53. The van der Waals surface area contributed by atoms with Crippen molar-refractivity contribution in [2.24, 2.45) is 11.1 Å². The van der Waals surface area contributed by atoms with Crippen molar-refractivity contribution in [1.29, 1.82) is 0 Å². The fourth-order valence-electron chi connectivity index (χ4n) is 3.29. The maximum Gasteiger partial charge on any atom is 0.436 e. The maximum atomic E-state index is 14.4. The molecule has 4 nitrogen and oxygen atoms in total. The van der Waals surface area contributed by atoms with Crippen LogP contribution < -0.4 is 0 Å². The monoisotopic (exact) mass is 509 g/mol. The Hall–Kier alpha value is -1.77. The number of alkyl halides is 4. The second kappa shape index (κ2) is 8.16. The molecule has 0 radical (unpaired) electrons. The first-order valence-electron chi connectivity index (χ1n) is 8.18. The number of nitrogens with zero attached hydrogens (tertiary/aromatic N) is 1. The summed E-state index contributed by atoms with van der Waals surface area (Å²) in [5.74, 6) is -2.03. The number of halogens is 6. The molecule has 2 unspecified atom stereocenters. The molecule has 0 spiro atoms. The predicted molar refractivity (Wildman–Crippen MR) is 107 cm³/mol. The van der Waals surface area contributed by atoms with Crippen molar-refractivity contribution in [3.8, 4) is 0 Å². The molecule has 10 heteroatoms. The van der Waals surface area contributed by atoms with Crippen LogP contribution in [0.15, 0.2) is 47.6 Å². The first kappa shape index (κ1) is 21.9. The molecule has 0 saturated heterocycles. The van der Waals surface area contributed by atoms with Gasteiger partial charge >= 0.3 is 12.1 Å². The lowest BCUT2D eigenvalue weighted by Crippen LogP contribution is -2.50. The summed E-state index contributed by atoms with van der Waals surface area (Å²) >= 11 is 15.1. The van der Waals surface area contributed by atoms with Crippen molar-refractivity contribution in [3.05, 3.63) is 69.2 Å². The third kappa shape index (κ3) is 3.73. The normalized spacial score (nSPS) is 21.5. The van der Waals surface area contributed by atoms with Crippen molar-refractivity contribution in [3.63, 3.8) is 0 Å². The minimum absolute atomic E-state index is 0.0245. The average Bonchev–Trinajstić information content (AvgIpc) is 3.07. The van der Waals surface area contributed by atoms with Gasteiger partial charge in [0, 0.05) is 26.5 Å². The van der Waals surface area contributed by atoms with Gasteiger partial charge < -0.3 is 9.57 Å². The summed E-state index contributed by atoms with van der Waals surface area (Å²) in [5.41, 5.74) is -2.92. The van der Waals surface area contributed by atoms with Gasteiger partial charge in [-0.15, -0.1) is 0 Å². The molecule has 0 N–H and O–H groups in total. The molecule has 1 heterocycles. The van der Waals surface area contributed by atoms with E-state index in [2.05, 4.69) is 21.1 Å². The molecule has 0 amide bonds. The number of oxime groups is 1. The molecule has 2 aromatic rings. The molecule has 0 saturated carbocycles. The van der Waals surface area contributed by atoms with Crippen LogP contribution in [-0.4, -0.2) is 30.3 Å². The molecule has 0 aliphatic carbocycles. The molecule has 0 bridgehead atoms. The van der Waals surface area contributed by atoms with Crippen LogP contribution in [0, 0.1) is 5.92 Å². The largest absolute Gasteiger partial charge is 0.465 e. The van der Waals surface area contributed by atoms with Crippen LogP contribution in [0.4, 0.5) is 13.2 Å². The molecule has 1 aliphatic rings. The van der Waals surface area contributed by atoms with Gasteiger partial charge in [-0.1, -0.05) is 62.5 Å². The standard InChI is InChI=1S/C19H13BrCl2F3NO3/c1-28-17(27)14-5-3-2-4-13(14)16-15(9-20)18(29-26-16,19(23,24)25)10-6-11(21)8-12(22)7-10/h2-8,15H,9H2,1H3. The fourth-order valence-corrected chi connectivity index (χ4v) is 4.58. The molecular weight excluding hydrogens is 498 g/mol. The van der Waals surface area contributed by atoms with E-state index in [1.807, 2.05) is 0 Å². The number of carbonyl (C=O) groups excluding carboxylic acids is 1. The molecule has 2 aromatic carbocycles. The van der Waals surface area contributed by atoms with Gasteiger partial charge in [0.1, 0.15) is 0 Å². The van der Waals surface area contributed by atoms with Gasteiger partial charge in [0.2, 0.25) is 0 Å². The summed E-state index contributed by atoms with van der Waals surface area (Å²) in [6.07, 6.45) is -4.87. The van der Waals surface area contributed by atoms with E-state index < -0.39 is 23.7 Å². The van der Waals surface area contributed by atoms with E-state index in [1.54, 1.807) is 12.1 Å². The van der Waals surface area contributed by atoms with Crippen molar-refractivity contribution >= 4 is 50.8 Å². The lowest BCUT2D eigenvalue weighted by atomic mass is 9.77. The Morgan fingerprint density at radius 2 is 1.86 bits per heavy atom. The van der Waals surface area contributed by atoms with Gasteiger partial charge in [0.05, 0.1) is 24.3 Å². The number of rotatable bonds is 4. The second-order valence-electron chi connectivity index (χ2n) is 6.20. The molecule has 3 rings (SSSR count). The van der Waals surface area contributed by atoms with E-state index >= 15 is 0 Å². The Morgan fingerprint density at radius 1 is 1.24 bits per heavy atom. The van der Waals surface area contributed by atoms with E-state index in [4.69, 9.17) is 32.8 Å². The SMILES string of the molecule is COC(=O)c1ccccc1C1=NOC(c2cc(Cl)cc(Cl)c2)(C(F)(F)F)C1CBr. The van der Waals surface area contributed by atoms with Gasteiger partial charge in [-0.3, -0.25) is 0 Å². The number of carbonyl (C=O) groups is 1. The smallest absolute Gasteiger partial charge is 0.436 e. The summed E-state index contributed by atoms with van der Waals surface area (Å²) in [4.78, 5) is 17.2. The number of ether oxygens (including phenoxy) is 1. The summed E-state index contributed by atoms with van der Waals surface area (Å²) in [6.45, 7) is 0. The second-order valence-corrected chi connectivity index (χ2v) is 7.72. The van der Waals surface area contributed by atoms with Crippen LogP contribution in [0.2, 0.25) is 10.0 Å². The van der Waals surface area contributed by atoms with E-state index in [0.717, 1.165) is 12.1 Å². The van der Waals surface area contributed by atoms with Gasteiger partial charge in [0.25, 0.3) is 5.60 Å². The summed E-state index contributed by atoms with van der Waals surface area (Å²) in [6, 6.07) is 9.69. The van der Waals surface area contributed by atoms with Crippen LogP contribution in [0.1, 0.15) is 21.5 Å². The van der Waals surface area contributed by atoms with Gasteiger partial charge in [0.15, 0.2) is 0 Å². The van der Waals surface area contributed by atoms with E-state index in [0.29, 0.717) is 0 Å². The van der Waals surface area contributed by atoms with Gasteiger partial charge in [-0.25, -0.2) is 4.79 Å². The molecule has 154 valence electrons. The Kier molecular flexibility index (Phi) is 6.17. The minimum atomic E-state index is -4.87. The Bertz CT molecular complexity index is 963. The average molecular weight is 511 g/mol. The molecule has 0 aromatic heterocycles. The summed E-state index contributed by atoms with van der Waals surface area (Å²) < 4.78 is 48.0. The summed E-state index contributed by atoms with van der Waals surface area (Å²) in [5, 5.41) is 3.65. The van der Waals surface area contributed by atoms with Crippen molar-refractivity contribution < 1.29 is 27.5 Å². The highest BCUT2D eigenvalue weighted by Gasteiger charge is 2.67. The molecular formula is C19H13BrCl2F3NO3. The van der Waals surface area contributed by atoms with Crippen LogP contribution >= 0.6 is 39.1 Å². The third-order valence-electron chi connectivity index (χ3n) is 4.58. The van der Waals surface area contributed by atoms with Gasteiger partial charge in [-0.2, -0.15) is 13.2 Å². The third-order valence-corrected chi connectivity index (χ3v) is 5.67. The quantitative estimate of drug-likeness (QED) is 0.375. The number of esters is 1. The number of hydrogen-bond donors (Lipinski definition) is 0. The molecule has 2 atom stereocenters. The van der Waals surface area contributed by atoms with E-state index in [9.17, 15) is 18.0 Å². The van der Waals surface area contributed by atoms with Crippen LogP contribution in [0.3, 0.4) is 0 Å². The Morgan fingerprint density at radius 3 is 2.41 bits per heavy atom. The number of methoxy groups -OCH3 is 1. The topological polar surface area (TPSA) is 47.9 Å². The first-order valence-corrected chi connectivity index (χ1v) is 10.1. The lowest BCUT2D eigenvalue weighted by Gasteiger charge is -2.34. The van der Waals surface area contributed by atoms with E-state index in [-0.39, 0.29) is 37.8 Å². The van der Waals surface area contributed by atoms with Crippen LogP contribution in [0.25, 0.3) is 0 Å². The van der Waals surface area contributed by atoms with Crippen molar-refractivity contribution in [2.75, 3.05) is 12.4 Å². The van der Waals surface area contributed by atoms with Crippen molar-refractivity contribution in [2.45, 2.75) is 11.8 Å². The Balaban J connectivity index is 2.21. The fraction of sp³-hybridized carbons (Fsp3) is 0.263. The minimum Gasteiger partial charge on any atom is -0.465 e. The number of benzene rings is 2. The zero-order chi connectivity index (χ0) is 21.4. The Labute approximate surface area is 182 Å². The molecule has 0 fully saturated rings. The highest BCUT2D eigenvalue weighted by atomic mass is 79.9. The van der Waals surface area contributed by atoms with Crippen LogP contribution in [0.5, 0.6) is 0 Å². The zero-order valence-electron chi connectivity index (χ0n) is 14.8. The zero-order valence-corrected chi connectivity index (χ0v) is 17.9. The first-order chi connectivity index (χ1) is 13.7. The number of hydrogen-bond acceptors (Lipinski definition) is 4. The maximum absolute atomic E-state index is 14.4. The highest BCUT2D eigenvalue weighted by molar-refractivity contribution is 9.09. The van der Waals surface area contributed by atoms with E-state index in [1.165, 1.54) is 25.3 Å². The predicted octanol–water partition coefficient (Wildman–Crippen LogP) is 5.98. The van der Waals surface area contributed by atoms with Crippen LogP contribution in [-0.2, 0) is 15.2 Å². The molecule has 1 aliphatic heterocycles. The van der Waals surface area contributed by atoms with Crippen molar-refractivity contribution in [1.82, 2.24) is 0 Å². The van der Waals surface area contributed by atoms with Gasteiger partial charge in [-0.05, 0) is 24.3 Å². The molecule has 29 heavy (non-hydrogen) atoms. The summed E-state index contributed by atoms with van der Waals surface area (Å²) in [7, 11) is 1.18. The lowest BCUT2D eigenvalue weighted by molar-refractivity contribution is -0.287.